The van der Waals surface area contributed by atoms with Gasteiger partial charge in [-0.25, -0.2) is 4.98 Å². The summed E-state index contributed by atoms with van der Waals surface area (Å²) in [5, 5.41) is 12.7. The maximum absolute atomic E-state index is 9.51. The molecule has 0 bridgehead atoms. The van der Waals surface area contributed by atoms with Crippen LogP contribution in [0.3, 0.4) is 0 Å². The minimum atomic E-state index is 0.0861. The van der Waals surface area contributed by atoms with Gasteiger partial charge in [-0.05, 0) is 42.7 Å². The van der Waals surface area contributed by atoms with Gasteiger partial charge in [0.25, 0.3) is 0 Å². The molecule has 0 aliphatic rings. The molecule has 2 heterocycles. The third kappa shape index (κ3) is 3.06. The summed E-state index contributed by atoms with van der Waals surface area (Å²) in [5.74, 6) is 0.965. The monoisotopic (exact) mass is 319 g/mol. The number of nitriles is 1. The van der Waals surface area contributed by atoms with Crippen LogP contribution in [-0.4, -0.2) is 9.97 Å². The van der Waals surface area contributed by atoms with E-state index in [4.69, 9.17) is 10.2 Å². The average Bonchev–Trinajstić information content (AvgIpc) is 3.09. The third-order valence-corrected chi connectivity index (χ3v) is 3.82. The largest absolute Gasteiger partial charge is 0.463 e. The van der Waals surface area contributed by atoms with Crippen molar-refractivity contribution >= 4 is 11.8 Å². The van der Waals surface area contributed by atoms with Crippen LogP contribution in [0, 0.1) is 25.2 Å². The Morgan fingerprint density at radius 2 is 2.04 bits per heavy atom. The molecule has 0 spiro atoms. The lowest BCUT2D eigenvalue weighted by Crippen LogP contribution is -2.08. The quantitative estimate of drug-likeness (QED) is 0.764. The van der Waals surface area contributed by atoms with Gasteiger partial charge < -0.3 is 15.5 Å². The summed E-state index contributed by atoms with van der Waals surface area (Å²) < 4.78 is 5.34. The molecule has 2 aromatic heterocycles. The van der Waals surface area contributed by atoms with Gasteiger partial charge >= 0.3 is 0 Å². The zero-order valence-corrected chi connectivity index (χ0v) is 13.5. The molecule has 3 rings (SSSR count). The molecule has 0 unspecified atom stereocenters. The summed E-state index contributed by atoms with van der Waals surface area (Å²) in [5.41, 5.74) is 10.0. The molecule has 6 heteroatoms. The highest BCUT2D eigenvalue weighted by molar-refractivity contribution is 5.71. The fourth-order valence-corrected chi connectivity index (χ4v) is 2.40. The number of anilines is 2. The van der Waals surface area contributed by atoms with Gasteiger partial charge in [0.2, 0.25) is 5.95 Å². The Kier molecular flexibility index (Phi) is 4.17. The van der Waals surface area contributed by atoms with E-state index < -0.39 is 0 Å². The van der Waals surface area contributed by atoms with E-state index in [9.17, 15) is 5.26 Å². The number of nitrogen functional groups attached to an aromatic ring is 1. The highest BCUT2D eigenvalue weighted by atomic mass is 16.3. The lowest BCUT2D eigenvalue weighted by molar-refractivity contribution is 0.580. The van der Waals surface area contributed by atoms with E-state index in [-0.39, 0.29) is 5.95 Å². The predicted octanol–water partition coefficient (Wildman–Crippen LogP) is 3.42. The first kappa shape index (κ1) is 15.6. The summed E-state index contributed by atoms with van der Waals surface area (Å²) >= 11 is 0. The molecule has 120 valence electrons. The van der Waals surface area contributed by atoms with Crippen LogP contribution in [0.2, 0.25) is 0 Å². The van der Waals surface area contributed by atoms with Crippen LogP contribution in [0.4, 0.5) is 11.8 Å². The average molecular weight is 319 g/mol. The molecule has 24 heavy (non-hydrogen) atoms. The van der Waals surface area contributed by atoms with Gasteiger partial charge in [0.05, 0.1) is 6.26 Å². The maximum Gasteiger partial charge on any atom is 0.222 e. The minimum absolute atomic E-state index is 0.0861. The van der Waals surface area contributed by atoms with Crippen LogP contribution < -0.4 is 11.1 Å². The van der Waals surface area contributed by atoms with E-state index in [0.717, 1.165) is 5.56 Å². The van der Waals surface area contributed by atoms with E-state index in [1.807, 2.05) is 6.07 Å². The number of nitrogens with two attached hydrogens (primary N) is 1. The molecular weight excluding hydrogens is 302 g/mol. The Balaban J connectivity index is 1.93. The van der Waals surface area contributed by atoms with E-state index in [1.54, 1.807) is 12.1 Å². The van der Waals surface area contributed by atoms with Gasteiger partial charge in [-0.15, -0.1) is 0 Å². The molecule has 0 atom stereocenters. The molecule has 0 amide bonds. The molecule has 0 saturated carbocycles. The molecule has 3 aromatic rings. The first-order valence-corrected chi connectivity index (χ1v) is 7.50. The molecule has 3 N–H and O–H groups in total. The van der Waals surface area contributed by atoms with Crippen molar-refractivity contribution in [3.63, 3.8) is 0 Å². The van der Waals surface area contributed by atoms with Gasteiger partial charge in [-0.1, -0.05) is 18.2 Å². The van der Waals surface area contributed by atoms with Crippen molar-refractivity contribution in [3.8, 4) is 17.5 Å². The van der Waals surface area contributed by atoms with Gasteiger partial charge in [0.15, 0.2) is 11.6 Å². The molecular formula is C18H17N5O. The first-order chi connectivity index (χ1) is 11.6. The molecule has 0 saturated heterocycles. The number of benzene rings is 1. The van der Waals surface area contributed by atoms with Crippen LogP contribution in [0.5, 0.6) is 0 Å². The number of hydrogen-bond acceptors (Lipinski definition) is 6. The Bertz CT molecular complexity index is 910. The van der Waals surface area contributed by atoms with Crippen molar-refractivity contribution in [2.75, 3.05) is 11.1 Å². The smallest absolute Gasteiger partial charge is 0.222 e. The van der Waals surface area contributed by atoms with Gasteiger partial charge in [0.1, 0.15) is 17.3 Å². The lowest BCUT2D eigenvalue weighted by atomic mass is 10.1. The predicted molar refractivity (Wildman–Crippen MR) is 92.1 cm³/mol. The number of nitrogens with zero attached hydrogens (tertiary/aromatic N) is 3. The van der Waals surface area contributed by atoms with Crippen molar-refractivity contribution in [1.29, 1.82) is 5.26 Å². The Labute approximate surface area is 140 Å². The second-order valence-electron chi connectivity index (χ2n) is 5.52. The summed E-state index contributed by atoms with van der Waals surface area (Å²) in [4.78, 5) is 8.30. The van der Waals surface area contributed by atoms with E-state index in [1.165, 1.54) is 17.4 Å². The molecule has 1 aromatic carbocycles. The van der Waals surface area contributed by atoms with E-state index in [2.05, 4.69) is 47.3 Å². The summed E-state index contributed by atoms with van der Waals surface area (Å²) in [6.45, 7) is 4.67. The van der Waals surface area contributed by atoms with Crippen molar-refractivity contribution in [1.82, 2.24) is 9.97 Å². The summed E-state index contributed by atoms with van der Waals surface area (Å²) in [7, 11) is 0. The number of hydrogen-bond donors (Lipinski definition) is 2. The van der Waals surface area contributed by atoms with Crippen molar-refractivity contribution < 1.29 is 4.42 Å². The van der Waals surface area contributed by atoms with Gasteiger partial charge in [-0.2, -0.15) is 10.2 Å². The van der Waals surface area contributed by atoms with Gasteiger partial charge in [-0.3, -0.25) is 0 Å². The highest BCUT2D eigenvalue weighted by Crippen LogP contribution is 2.27. The SMILES string of the molecule is Cc1ccc(CNc2nc(N)nc(-c3ccco3)c2C#N)cc1C. The molecule has 6 nitrogen and oxygen atoms in total. The number of aromatic nitrogens is 2. The Morgan fingerprint density at radius 1 is 1.21 bits per heavy atom. The first-order valence-electron chi connectivity index (χ1n) is 7.50. The number of nitrogens with one attached hydrogen (secondary N) is 1. The fraction of sp³-hybridized carbons (Fsp3) is 0.167. The van der Waals surface area contributed by atoms with Gasteiger partial charge in [0, 0.05) is 6.54 Å². The highest BCUT2D eigenvalue weighted by Gasteiger charge is 2.17. The van der Waals surface area contributed by atoms with Crippen LogP contribution in [0.15, 0.2) is 41.0 Å². The van der Waals surface area contributed by atoms with E-state index in [0.29, 0.717) is 29.4 Å². The second-order valence-corrected chi connectivity index (χ2v) is 5.52. The minimum Gasteiger partial charge on any atom is -0.463 e. The topological polar surface area (TPSA) is 101 Å². The van der Waals surface area contributed by atoms with Crippen molar-refractivity contribution in [2.24, 2.45) is 0 Å². The standard InChI is InChI=1S/C18H17N5O/c1-11-5-6-13(8-12(11)2)10-21-17-14(9-19)16(22-18(20)23-17)15-4-3-7-24-15/h3-8H,10H2,1-2H3,(H3,20,21,22,23). The molecule has 0 aliphatic carbocycles. The summed E-state index contributed by atoms with van der Waals surface area (Å²) in [6, 6.07) is 11.8. The molecule has 0 aliphatic heterocycles. The second kappa shape index (κ2) is 6.42. The Morgan fingerprint density at radius 3 is 2.71 bits per heavy atom. The van der Waals surface area contributed by atoms with Crippen LogP contribution in [0.25, 0.3) is 11.5 Å². The van der Waals surface area contributed by atoms with E-state index >= 15 is 0 Å². The zero-order chi connectivity index (χ0) is 17.1. The van der Waals surface area contributed by atoms with Crippen molar-refractivity contribution in [3.05, 3.63) is 58.8 Å². The zero-order valence-electron chi connectivity index (χ0n) is 13.5. The fourth-order valence-electron chi connectivity index (χ4n) is 2.40. The molecule has 0 fully saturated rings. The van der Waals surface area contributed by atoms with Crippen LogP contribution in [-0.2, 0) is 6.54 Å². The third-order valence-electron chi connectivity index (χ3n) is 3.82. The lowest BCUT2D eigenvalue weighted by Gasteiger charge is -2.11. The summed E-state index contributed by atoms with van der Waals surface area (Å²) in [6.07, 6.45) is 1.52. The number of aryl methyl sites for hydroxylation is 2. The van der Waals surface area contributed by atoms with Crippen molar-refractivity contribution in [2.45, 2.75) is 20.4 Å². The molecule has 0 radical (unpaired) electrons. The van der Waals surface area contributed by atoms with Crippen LogP contribution in [0.1, 0.15) is 22.3 Å². The maximum atomic E-state index is 9.51. The van der Waals surface area contributed by atoms with Crippen LogP contribution >= 0.6 is 0 Å². The number of rotatable bonds is 4. The number of furan rings is 1. The normalized spacial score (nSPS) is 10.4. The Hall–Kier alpha value is -3.33.